The predicted molar refractivity (Wildman–Crippen MR) is 123 cm³/mol. The number of benzene rings is 1. The number of hydrazine groups is 1. The maximum absolute atomic E-state index is 13.1. The fraction of sp³-hybridized carbons (Fsp3) is 0.565. The van der Waals surface area contributed by atoms with Crippen molar-refractivity contribution in [1.29, 1.82) is 0 Å². The van der Waals surface area contributed by atoms with Crippen LogP contribution in [0, 0.1) is 5.41 Å². The van der Waals surface area contributed by atoms with Gasteiger partial charge in [0.05, 0.1) is 5.70 Å². The van der Waals surface area contributed by atoms with Gasteiger partial charge in [-0.05, 0) is 69.9 Å². The Balaban J connectivity index is 1.63. The fourth-order valence-electron chi connectivity index (χ4n) is 4.87. The Hall–Kier alpha value is -1.87. The van der Waals surface area contributed by atoms with Crippen molar-refractivity contribution in [3.8, 4) is 0 Å². The van der Waals surface area contributed by atoms with Gasteiger partial charge in [0, 0.05) is 30.3 Å². The Kier molecular flexibility index (Phi) is 5.93. The summed E-state index contributed by atoms with van der Waals surface area (Å²) in [6.45, 7) is 8.39. The van der Waals surface area contributed by atoms with E-state index in [-0.39, 0.29) is 11.6 Å². The van der Waals surface area contributed by atoms with Crippen molar-refractivity contribution in [2.45, 2.75) is 70.3 Å². The zero-order valence-corrected chi connectivity index (χ0v) is 19.5. The molecule has 0 saturated carbocycles. The maximum atomic E-state index is 13.1. The van der Waals surface area contributed by atoms with Crippen molar-refractivity contribution in [3.05, 3.63) is 47.3 Å². The highest BCUT2D eigenvalue weighted by Crippen LogP contribution is 2.46. The van der Waals surface area contributed by atoms with Crippen molar-refractivity contribution in [2.75, 3.05) is 6.54 Å². The molecule has 8 heteroatoms. The van der Waals surface area contributed by atoms with Crippen LogP contribution >= 0.6 is 0 Å². The lowest BCUT2D eigenvalue weighted by Crippen LogP contribution is -2.64. The lowest BCUT2D eigenvalue weighted by Gasteiger charge is -2.50. The largest absolute Gasteiger partial charge is 0.598 e. The minimum Gasteiger partial charge on any atom is -0.598 e. The van der Waals surface area contributed by atoms with Crippen LogP contribution in [0.15, 0.2) is 41.2 Å². The van der Waals surface area contributed by atoms with Crippen LogP contribution in [-0.2, 0) is 29.0 Å². The van der Waals surface area contributed by atoms with Gasteiger partial charge in [-0.1, -0.05) is 24.3 Å². The highest BCUT2D eigenvalue weighted by Gasteiger charge is 2.48. The van der Waals surface area contributed by atoms with Crippen LogP contribution < -0.4 is 4.72 Å². The molecule has 2 heterocycles. The minimum atomic E-state index is -1.28. The lowest BCUT2D eigenvalue weighted by molar-refractivity contribution is -0.151. The molecule has 0 aromatic heterocycles. The van der Waals surface area contributed by atoms with Crippen LogP contribution in [0.25, 0.3) is 0 Å². The van der Waals surface area contributed by atoms with Gasteiger partial charge < -0.3 is 9.66 Å². The number of rotatable bonds is 4. The average Bonchev–Trinajstić information content (AvgIpc) is 3.04. The Bertz CT molecular complexity index is 885. The monoisotopic (exact) mass is 444 g/mol. The number of aliphatic carboxylic acids is 1. The van der Waals surface area contributed by atoms with E-state index in [1.54, 1.807) is 11.2 Å². The van der Waals surface area contributed by atoms with Crippen LogP contribution in [0.1, 0.15) is 51.7 Å². The summed E-state index contributed by atoms with van der Waals surface area (Å²) in [6, 6.07) is 7.73. The third-order valence-corrected chi connectivity index (χ3v) is 8.08. The molecule has 2 N–H and O–H groups in total. The summed E-state index contributed by atoms with van der Waals surface area (Å²) in [6.07, 6.45) is 6.80. The van der Waals surface area contributed by atoms with Gasteiger partial charge in [-0.15, -0.1) is 4.72 Å². The molecule has 1 spiro atoms. The summed E-state index contributed by atoms with van der Waals surface area (Å²) in [5, 5.41) is 13.6. The van der Waals surface area contributed by atoms with Crippen molar-refractivity contribution >= 4 is 23.5 Å². The predicted octanol–water partition coefficient (Wildman–Crippen LogP) is 2.86. The van der Waals surface area contributed by atoms with Gasteiger partial charge in [0.1, 0.15) is 10.9 Å². The number of nitrogens with one attached hydrogen (secondary N) is 1. The molecule has 4 rings (SSSR count). The minimum absolute atomic E-state index is 0.0985. The summed E-state index contributed by atoms with van der Waals surface area (Å²) in [4.78, 5) is 16.1. The number of fused-ring (bicyclic) bond motifs is 1. The topological polar surface area (TPSA) is 91.2 Å². The Labute approximate surface area is 187 Å². The molecule has 1 unspecified atom stereocenters. The second-order valence-corrected chi connectivity index (χ2v) is 12.0. The molecule has 3 atom stereocenters. The average molecular weight is 445 g/mol. The first-order chi connectivity index (χ1) is 14.6. The summed E-state index contributed by atoms with van der Waals surface area (Å²) in [5.41, 5.74) is 3.65. The summed E-state index contributed by atoms with van der Waals surface area (Å²) in [7, 11) is 0. The molecule has 1 fully saturated rings. The van der Waals surface area contributed by atoms with Gasteiger partial charge in [0.25, 0.3) is 0 Å². The molecule has 168 valence electrons. The van der Waals surface area contributed by atoms with Gasteiger partial charge in [-0.3, -0.25) is 10.0 Å². The standard InChI is InChI=1S/C23H32N4O3S/c1-16-15-27(19(14-24-16)21(28)29)26-10-9-23(11-17-7-5-6-8-18(17)12-23)13-20(26)25-31(30)22(2,3)4/h5-8,14-15,19-20,25H,9-13H2,1-4H3,(H,28,29)/t19-,20-,31?/m0/s1. The van der Waals surface area contributed by atoms with Crippen molar-refractivity contribution in [3.63, 3.8) is 0 Å². The van der Waals surface area contributed by atoms with Gasteiger partial charge in [-0.2, -0.15) is 5.01 Å². The van der Waals surface area contributed by atoms with Crippen LogP contribution in [-0.4, -0.2) is 55.4 Å². The number of hydrogen-bond donors (Lipinski definition) is 2. The molecule has 0 radical (unpaired) electrons. The normalized spacial score (nSPS) is 26.6. The van der Waals surface area contributed by atoms with E-state index in [0.717, 1.165) is 31.4 Å². The van der Waals surface area contributed by atoms with Crippen molar-refractivity contribution < 1.29 is 14.5 Å². The number of carboxylic acids is 1. The van der Waals surface area contributed by atoms with E-state index in [1.165, 1.54) is 17.3 Å². The van der Waals surface area contributed by atoms with Crippen LogP contribution in [0.3, 0.4) is 0 Å². The molecular weight excluding hydrogens is 412 g/mol. The number of allylic oxidation sites excluding steroid dienone is 1. The second-order valence-electron chi connectivity index (χ2n) is 9.97. The highest BCUT2D eigenvalue weighted by molar-refractivity contribution is 7.90. The molecule has 1 aliphatic carbocycles. The maximum Gasteiger partial charge on any atom is 0.333 e. The van der Waals surface area contributed by atoms with Crippen molar-refractivity contribution in [2.24, 2.45) is 10.4 Å². The molecule has 1 aromatic carbocycles. The third-order valence-electron chi connectivity index (χ3n) is 6.48. The lowest BCUT2D eigenvalue weighted by atomic mass is 9.75. The summed E-state index contributed by atoms with van der Waals surface area (Å²) in [5.74, 6) is -0.947. The van der Waals surface area contributed by atoms with Crippen molar-refractivity contribution in [1.82, 2.24) is 14.7 Å². The number of carboxylic acid groups (broad SMARTS) is 1. The van der Waals surface area contributed by atoms with Crippen LogP contribution in [0.2, 0.25) is 0 Å². The van der Waals surface area contributed by atoms with E-state index in [4.69, 9.17) is 0 Å². The van der Waals surface area contributed by atoms with E-state index in [9.17, 15) is 14.5 Å². The zero-order valence-electron chi connectivity index (χ0n) is 18.7. The Morgan fingerprint density at radius 2 is 1.94 bits per heavy atom. The Morgan fingerprint density at radius 1 is 1.29 bits per heavy atom. The quantitative estimate of drug-likeness (QED) is 0.694. The SMILES string of the molecule is CC1=CN(N2CCC3(Cc4ccccc4C3)C[C@H]2N[S+]([O-])C(C)(C)C)[C@H](C(=O)O)C=N1. The number of carbonyl (C=O) groups is 1. The van der Waals surface area contributed by atoms with Gasteiger partial charge in [0.2, 0.25) is 0 Å². The van der Waals surface area contributed by atoms with E-state index >= 15 is 0 Å². The number of piperidine rings is 1. The summed E-state index contributed by atoms with van der Waals surface area (Å²) < 4.78 is 16.0. The number of aliphatic imine (C=N–C) groups is 1. The van der Waals surface area contributed by atoms with Crippen LogP contribution in [0.5, 0.6) is 0 Å². The number of nitrogens with zero attached hydrogens (tertiary/aromatic N) is 3. The molecule has 1 saturated heterocycles. The third kappa shape index (κ3) is 4.53. The first-order valence-electron chi connectivity index (χ1n) is 10.8. The van der Waals surface area contributed by atoms with E-state index in [0.29, 0.717) is 6.54 Å². The molecule has 31 heavy (non-hydrogen) atoms. The molecule has 3 aliphatic rings. The highest BCUT2D eigenvalue weighted by atomic mass is 32.2. The molecule has 0 amide bonds. The van der Waals surface area contributed by atoms with E-state index in [1.807, 2.05) is 32.7 Å². The molecule has 2 aliphatic heterocycles. The fourth-order valence-corrected chi connectivity index (χ4v) is 5.68. The van der Waals surface area contributed by atoms with Gasteiger partial charge >= 0.3 is 5.97 Å². The molecular formula is C23H32N4O3S. The smallest absolute Gasteiger partial charge is 0.333 e. The summed E-state index contributed by atoms with van der Waals surface area (Å²) >= 11 is -1.28. The Morgan fingerprint density at radius 3 is 2.52 bits per heavy atom. The van der Waals surface area contributed by atoms with Gasteiger partial charge in [0.15, 0.2) is 6.04 Å². The molecule has 7 nitrogen and oxygen atoms in total. The second kappa shape index (κ2) is 8.24. The molecule has 0 bridgehead atoms. The first-order valence-corrected chi connectivity index (χ1v) is 12.0. The van der Waals surface area contributed by atoms with Gasteiger partial charge in [-0.25, -0.2) is 4.79 Å². The van der Waals surface area contributed by atoms with Crippen LogP contribution in [0.4, 0.5) is 0 Å². The van der Waals surface area contributed by atoms with E-state index < -0.39 is 28.1 Å². The zero-order chi connectivity index (χ0) is 22.4. The molecule has 1 aromatic rings. The first kappa shape index (κ1) is 22.3. The van der Waals surface area contributed by atoms with E-state index in [2.05, 4.69) is 34.0 Å². The number of hydrogen-bond acceptors (Lipinski definition) is 6.